The van der Waals surface area contributed by atoms with E-state index in [1.54, 1.807) is 23.1 Å². The van der Waals surface area contributed by atoms with Gasteiger partial charge in [-0.25, -0.2) is 13.6 Å². The van der Waals surface area contributed by atoms with Gasteiger partial charge in [-0.05, 0) is 61.1 Å². The lowest BCUT2D eigenvalue weighted by atomic mass is 9.93. The first kappa shape index (κ1) is 20.8. The van der Waals surface area contributed by atoms with Crippen LogP contribution in [0.2, 0.25) is 0 Å². The molecular weight excluding hydrogens is 376 g/mol. The SMILES string of the molecule is O=C(Cc1ccccc1F)NCCC1CCN(C(=O)Nc2ccc(F)cc2)CC1. The highest BCUT2D eigenvalue weighted by molar-refractivity contribution is 5.89. The predicted molar refractivity (Wildman–Crippen MR) is 107 cm³/mol. The average Bonchev–Trinajstić information content (AvgIpc) is 2.72. The second-order valence-electron chi connectivity index (χ2n) is 7.27. The molecule has 1 saturated heterocycles. The zero-order chi connectivity index (χ0) is 20.6. The maximum absolute atomic E-state index is 13.6. The van der Waals surface area contributed by atoms with E-state index in [4.69, 9.17) is 0 Å². The average molecular weight is 401 g/mol. The lowest BCUT2D eigenvalue weighted by molar-refractivity contribution is -0.120. The standard InChI is InChI=1S/C22H25F2N3O2/c23-18-5-7-19(8-6-18)26-22(29)27-13-10-16(11-14-27)9-12-25-21(28)15-17-3-1-2-4-20(17)24/h1-8,16H,9-15H2,(H,25,28)(H,26,29). The zero-order valence-corrected chi connectivity index (χ0v) is 16.2. The van der Waals surface area contributed by atoms with Crippen LogP contribution < -0.4 is 10.6 Å². The molecule has 2 N–H and O–H groups in total. The molecule has 0 bridgehead atoms. The van der Waals surface area contributed by atoms with Crippen LogP contribution in [-0.2, 0) is 11.2 Å². The van der Waals surface area contributed by atoms with Crippen LogP contribution in [0.4, 0.5) is 19.3 Å². The number of rotatable bonds is 6. The molecule has 0 aliphatic carbocycles. The number of piperidine rings is 1. The number of carbonyl (C=O) groups is 2. The molecule has 154 valence electrons. The van der Waals surface area contributed by atoms with Crippen LogP contribution in [0, 0.1) is 17.6 Å². The number of likely N-dealkylation sites (tertiary alicyclic amines) is 1. The van der Waals surface area contributed by atoms with Crippen molar-refractivity contribution in [1.82, 2.24) is 10.2 Å². The molecule has 0 spiro atoms. The van der Waals surface area contributed by atoms with E-state index in [0.29, 0.717) is 36.8 Å². The minimum atomic E-state index is -0.367. The van der Waals surface area contributed by atoms with Crippen molar-refractivity contribution in [3.8, 4) is 0 Å². The van der Waals surface area contributed by atoms with Crippen LogP contribution in [0.15, 0.2) is 48.5 Å². The van der Waals surface area contributed by atoms with E-state index < -0.39 is 0 Å². The molecule has 0 unspecified atom stereocenters. The second kappa shape index (κ2) is 10.0. The van der Waals surface area contributed by atoms with Gasteiger partial charge in [0.2, 0.25) is 5.91 Å². The summed E-state index contributed by atoms with van der Waals surface area (Å²) in [7, 11) is 0. The Morgan fingerprint density at radius 1 is 1.00 bits per heavy atom. The normalized spacial score (nSPS) is 14.5. The molecule has 0 atom stereocenters. The summed E-state index contributed by atoms with van der Waals surface area (Å²) >= 11 is 0. The van der Waals surface area contributed by atoms with Gasteiger partial charge < -0.3 is 15.5 Å². The molecule has 1 heterocycles. The van der Waals surface area contributed by atoms with E-state index in [0.717, 1.165) is 19.3 Å². The molecule has 2 aromatic carbocycles. The summed E-state index contributed by atoms with van der Waals surface area (Å²) in [5.41, 5.74) is 0.960. The largest absolute Gasteiger partial charge is 0.356 e. The van der Waals surface area contributed by atoms with Crippen molar-refractivity contribution in [3.63, 3.8) is 0 Å². The van der Waals surface area contributed by atoms with E-state index in [2.05, 4.69) is 10.6 Å². The van der Waals surface area contributed by atoms with E-state index in [-0.39, 0.29) is 30.0 Å². The van der Waals surface area contributed by atoms with Crippen molar-refractivity contribution in [2.45, 2.75) is 25.7 Å². The summed E-state index contributed by atoms with van der Waals surface area (Å²) < 4.78 is 26.5. The van der Waals surface area contributed by atoms with Crippen LogP contribution in [0.3, 0.4) is 0 Å². The molecule has 1 aliphatic rings. The zero-order valence-electron chi connectivity index (χ0n) is 16.2. The summed E-state index contributed by atoms with van der Waals surface area (Å²) in [6.07, 6.45) is 2.59. The van der Waals surface area contributed by atoms with E-state index >= 15 is 0 Å². The second-order valence-corrected chi connectivity index (χ2v) is 7.27. The monoisotopic (exact) mass is 401 g/mol. The maximum atomic E-state index is 13.6. The summed E-state index contributed by atoms with van der Waals surface area (Å²) in [6.45, 7) is 1.82. The minimum absolute atomic E-state index is 0.0364. The molecule has 5 nitrogen and oxygen atoms in total. The topological polar surface area (TPSA) is 61.4 Å². The molecule has 0 saturated carbocycles. The van der Waals surface area contributed by atoms with E-state index in [1.807, 2.05) is 0 Å². The maximum Gasteiger partial charge on any atom is 0.321 e. The van der Waals surface area contributed by atoms with Crippen molar-refractivity contribution in [1.29, 1.82) is 0 Å². The van der Waals surface area contributed by atoms with Crippen LogP contribution >= 0.6 is 0 Å². The minimum Gasteiger partial charge on any atom is -0.356 e. The molecule has 1 aliphatic heterocycles. The highest BCUT2D eigenvalue weighted by atomic mass is 19.1. The fourth-order valence-corrected chi connectivity index (χ4v) is 3.45. The molecule has 1 fully saturated rings. The van der Waals surface area contributed by atoms with Crippen molar-refractivity contribution in [2.75, 3.05) is 25.0 Å². The first-order chi connectivity index (χ1) is 14.0. The highest BCUT2D eigenvalue weighted by Crippen LogP contribution is 2.21. The van der Waals surface area contributed by atoms with Crippen LogP contribution in [0.25, 0.3) is 0 Å². The van der Waals surface area contributed by atoms with E-state index in [9.17, 15) is 18.4 Å². The van der Waals surface area contributed by atoms with Crippen LogP contribution in [0.5, 0.6) is 0 Å². The Morgan fingerprint density at radius 3 is 2.38 bits per heavy atom. The number of carbonyl (C=O) groups excluding carboxylic acids is 2. The number of hydrogen-bond acceptors (Lipinski definition) is 2. The fourth-order valence-electron chi connectivity index (χ4n) is 3.45. The Hall–Kier alpha value is -2.96. The van der Waals surface area contributed by atoms with Crippen LogP contribution in [-0.4, -0.2) is 36.5 Å². The Labute approximate surface area is 169 Å². The Kier molecular flexibility index (Phi) is 7.16. The van der Waals surface area contributed by atoms with Crippen molar-refractivity contribution >= 4 is 17.6 Å². The molecule has 29 heavy (non-hydrogen) atoms. The molecule has 3 rings (SSSR count). The number of halogens is 2. The smallest absolute Gasteiger partial charge is 0.321 e. The summed E-state index contributed by atoms with van der Waals surface area (Å²) in [5.74, 6) is -0.469. The summed E-state index contributed by atoms with van der Waals surface area (Å²) in [5, 5.41) is 5.62. The van der Waals surface area contributed by atoms with Crippen molar-refractivity contribution in [2.24, 2.45) is 5.92 Å². The first-order valence-electron chi connectivity index (χ1n) is 9.83. The summed E-state index contributed by atoms with van der Waals surface area (Å²) in [4.78, 5) is 26.0. The van der Waals surface area contributed by atoms with Gasteiger partial charge in [0.25, 0.3) is 0 Å². The molecule has 0 radical (unpaired) electrons. The third-order valence-electron chi connectivity index (χ3n) is 5.18. The van der Waals surface area contributed by atoms with Gasteiger partial charge in [-0.3, -0.25) is 4.79 Å². The highest BCUT2D eigenvalue weighted by Gasteiger charge is 2.22. The van der Waals surface area contributed by atoms with Gasteiger partial charge in [-0.15, -0.1) is 0 Å². The number of nitrogens with zero attached hydrogens (tertiary/aromatic N) is 1. The molecule has 3 amide bonds. The van der Waals surface area contributed by atoms with E-state index in [1.165, 1.54) is 30.3 Å². The van der Waals surface area contributed by atoms with Gasteiger partial charge in [0.1, 0.15) is 11.6 Å². The van der Waals surface area contributed by atoms with Gasteiger partial charge >= 0.3 is 6.03 Å². The fraction of sp³-hybridized carbons (Fsp3) is 0.364. The lowest BCUT2D eigenvalue weighted by Crippen LogP contribution is -2.41. The molecule has 7 heteroatoms. The third kappa shape index (κ3) is 6.27. The van der Waals surface area contributed by atoms with Gasteiger partial charge in [-0.2, -0.15) is 0 Å². The number of nitrogens with one attached hydrogen (secondary N) is 2. The number of anilines is 1. The lowest BCUT2D eigenvalue weighted by Gasteiger charge is -2.32. The number of urea groups is 1. The van der Waals surface area contributed by atoms with Gasteiger partial charge in [0.15, 0.2) is 0 Å². The van der Waals surface area contributed by atoms with Crippen molar-refractivity contribution in [3.05, 3.63) is 65.7 Å². The number of hydrogen-bond donors (Lipinski definition) is 2. The summed E-state index contributed by atoms with van der Waals surface area (Å²) in [6, 6.07) is 11.8. The van der Waals surface area contributed by atoms with Gasteiger partial charge in [0, 0.05) is 25.3 Å². The molecule has 0 aromatic heterocycles. The molecule has 2 aromatic rings. The Bertz CT molecular complexity index is 834. The third-order valence-corrected chi connectivity index (χ3v) is 5.18. The van der Waals surface area contributed by atoms with Crippen LogP contribution in [0.1, 0.15) is 24.8 Å². The van der Waals surface area contributed by atoms with Gasteiger partial charge in [0.05, 0.1) is 6.42 Å². The van der Waals surface area contributed by atoms with Gasteiger partial charge in [-0.1, -0.05) is 18.2 Å². The predicted octanol–water partition coefficient (Wildman–Crippen LogP) is 3.96. The molecular formula is C22H25F2N3O2. The van der Waals surface area contributed by atoms with Crippen molar-refractivity contribution < 1.29 is 18.4 Å². The first-order valence-corrected chi connectivity index (χ1v) is 9.83. The Balaban J connectivity index is 1.34. The number of benzene rings is 2. The Morgan fingerprint density at radius 2 is 1.69 bits per heavy atom. The quantitative estimate of drug-likeness (QED) is 0.770. The number of amides is 3.